The van der Waals surface area contributed by atoms with Gasteiger partial charge in [-0.05, 0) is 63.9 Å². The normalized spacial score (nSPS) is 14.2. The Balaban J connectivity index is 4.17. The Kier molecular flexibility index (Phi) is 36.8. The van der Waals surface area contributed by atoms with E-state index < -0.39 is 13.9 Å². The Morgan fingerprint density at radius 3 is 1.70 bits per heavy atom. The smallest absolute Gasteiger partial charge is 0.472 e. The highest BCUT2D eigenvalue weighted by Gasteiger charge is 2.24. The molecule has 0 heterocycles. The molecule has 0 saturated carbocycles. The summed E-state index contributed by atoms with van der Waals surface area (Å²) in [5.74, 6) is -0.315. The molecule has 3 N–H and O–H groups in total. The number of carbonyl (C=O) groups is 1. The van der Waals surface area contributed by atoms with Gasteiger partial charge in [-0.25, -0.2) is 4.57 Å². The van der Waals surface area contributed by atoms with E-state index in [1.165, 1.54) is 70.6 Å². The van der Waals surface area contributed by atoms with Crippen LogP contribution in [0.3, 0.4) is 0 Å². The van der Waals surface area contributed by atoms with Gasteiger partial charge < -0.3 is 20.1 Å². The van der Waals surface area contributed by atoms with Crippen LogP contribution >= 0.6 is 7.82 Å². The lowest BCUT2D eigenvalue weighted by Gasteiger charge is -2.19. The Labute approximate surface area is 306 Å². The molecule has 2 atom stereocenters. The molecule has 0 amide bonds. The molecule has 0 spiro atoms. The van der Waals surface area contributed by atoms with Gasteiger partial charge in [0.15, 0.2) is 6.10 Å². The van der Waals surface area contributed by atoms with Crippen LogP contribution in [0.15, 0.2) is 60.9 Å². The Hall–Kier alpha value is -1.96. The van der Waals surface area contributed by atoms with E-state index in [-0.39, 0.29) is 32.3 Å². The van der Waals surface area contributed by atoms with Gasteiger partial charge in [0.25, 0.3) is 0 Å². The number of carbonyl (C=O) groups excluding carboxylic acids is 1. The standard InChI is InChI=1S/C41H74NO7P/c1-3-5-7-9-11-13-15-17-19-20-21-22-24-26-28-30-32-34-41(43)47-38-40(39-49-50(44,45)48-37-35-42)46-36-33-31-29-27-25-23-18-16-14-12-10-8-6-4-2/h5,7,11,13,17,19,21-22,33,36,40H,3-4,6,8-10,12,14-16,18,20,23-32,34-35,37-39,42H2,1-2H3,(H,44,45)/b7-5-,13-11-,19-17-,22-21-,36-33-/t40-/m1/s1. The summed E-state index contributed by atoms with van der Waals surface area (Å²) >= 11 is 0. The van der Waals surface area contributed by atoms with Crippen LogP contribution in [0.5, 0.6) is 0 Å². The summed E-state index contributed by atoms with van der Waals surface area (Å²) in [4.78, 5) is 22.2. The van der Waals surface area contributed by atoms with E-state index in [0.29, 0.717) is 6.42 Å². The SMILES string of the molecule is CC/C=C\C/C=C\C/C=C\C/C=C\CCCCCCC(=O)OC[C@H](COP(=O)(O)OCCN)O/C=C\CCCCCCCCCCCCCC. The average molecular weight is 724 g/mol. The number of unbranched alkanes of at least 4 members (excludes halogenated alkanes) is 16. The van der Waals surface area contributed by atoms with Gasteiger partial charge in [-0.15, -0.1) is 0 Å². The maximum absolute atomic E-state index is 12.4. The van der Waals surface area contributed by atoms with Crippen LogP contribution in [0, 0.1) is 0 Å². The fraction of sp³-hybridized carbons (Fsp3) is 0.732. The van der Waals surface area contributed by atoms with E-state index >= 15 is 0 Å². The van der Waals surface area contributed by atoms with Crippen molar-refractivity contribution in [2.45, 2.75) is 168 Å². The van der Waals surface area contributed by atoms with Crippen molar-refractivity contribution in [3.63, 3.8) is 0 Å². The second kappa shape index (κ2) is 38.3. The molecule has 290 valence electrons. The molecule has 0 aliphatic carbocycles. The summed E-state index contributed by atoms with van der Waals surface area (Å²) in [5.41, 5.74) is 5.35. The third-order valence-corrected chi connectivity index (χ3v) is 9.02. The van der Waals surface area contributed by atoms with E-state index in [4.69, 9.17) is 24.3 Å². The number of phosphoric ester groups is 1. The van der Waals surface area contributed by atoms with Gasteiger partial charge in [-0.3, -0.25) is 13.8 Å². The van der Waals surface area contributed by atoms with Crippen LogP contribution in [0.1, 0.15) is 162 Å². The number of phosphoric acid groups is 1. The van der Waals surface area contributed by atoms with Crippen molar-refractivity contribution in [3.05, 3.63) is 60.9 Å². The summed E-state index contributed by atoms with van der Waals surface area (Å²) in [5, 5.41) is 0. The number of hydrogen-bond acceptors (Lipinski definition) is 7. The van der Waals surface area contributed by atoms with Crippen LogP contribution < -0.4 is 5.73 Å². The third-order valence-electron chi connectivity index (χ3n) is 8.04. The first-order valence-electron chi connectivity index (χ1n) is 19.8. The van der Waals surface area contributed by atoms with Crippen molar-refractivity contribution in [1.82, 2.24) is 0 Å². The first-order chi connectivity index (χ1) is 24.4. The number of esters is 1. The van der Waals surface area contributed by atoms with Gasteiger partial charge in [0.1, 0.15) is 6.61 Å². The van der Waals surface area contributed by atoms with E-state index in [2.05, 4.69) is 62.5 Å². The predicted octanol–water partition coefficient (Wildman–Crippen LogP) is 11.8. The van der Waals surface area contributed by atoms with E-state index in [1.54, 1.807) is 6.26 Å². The summed E-state index contributed by atoms with van der Waals surface area (Å²) in [6.45, 7) is 4.06. The zero-order chi connectivity index (χ0) is 36.6. The lowest BCUT2D eigenvalue weighted by atomic mass is 10.0. The molecule has 9 heteroatoms. The van der Waals surface area contributed by atoms with Crippen LogP contribution in [0.4, 0.5) is 0 Å². The topological polar surface area (TPSA) is 117 Å². The second-order valence-electron chi connectivity index (χ2n) is 12.8. The molecular formula is C41H74NO7P. The highest BCUT2D eigenvalue weighted by molar-refractivity contribution is 7.47. The number of hydrogen-bond donors (Lipinski definition) is 2. The lowest BCUT2D eigenvalue weighted by molar-refractivity contribution is -0.147. The average Bonchev–Trinajstić information content (AvgIpc) is 3.11. The summed E-state index contributed by atoms with van der Waals surface area (Å²) in [7, 11) is -4.27. The molecule has 0 bridgehead atoms. The molecule has 50 heavy (non-hydrogen) atoms. The molecule has 0 aliphatic rings. The van der Waals surface area contributed by atoms with E-state index in [0.717, 1.165) is 70.6 Å². The van der Waals surface area contributed by atoms with Gasteiger partial charge in [0.2, 0.25) is 0 Å². The molecule has 0 fully saturated rings. The Morgan fingerprint density at radius 2 is 1.14 bits per heavy atom. The van der Waals surface area contributed by atoms with Crippen LogP contribution in [-0.4, -0.2) is 43.3 Å². The number of allylic oxidation sites excluding steroid dienone is 9. The van der Waals surface area contributed by atoms with Crippen molar-refractivity contribution in [2.24, 2.45) is 5.73 Å². The molecule has 0 aromatic carbocycles. The Morgan fingerprint density at radius 1 is 0.640 bits per heavy atom. The van der Waals surface area contributed by atoms with E-state index in [9.17, 15) is 14.3 Å². The molecule has 0 saturated heterocycles. The van der Waals surface area contributed by atoms with Crippen molar-refractivity contribution >= 4 is 13.8 Å². The molecule has 0 aliphatic heterocycles. The zero-order valence-electron chi connectivity index (χ0n) is 31.9. The van der Waals surface area contributed by atoms with Gasteiger partial charge in [-0.2, -0.15) is 0 Å². The van der Waals surface area contributed by atoms with Crippen LogP contribution in [-0.2, 0) is 27.9 Å². The van der Waals surface area contributed by atoms with Crippen LogP contribution in [0.25, 0.3) is 0 Å². The second-order valence-corrected chi connectivity index (χ2v) is 14.3. The highest BCUT2D eigenvalue weighted by Crippen LogP contribution is 2.43. The molecule has 0 aromatic heterocycles. The summed E-state index contributed by atoms with van der Waals surface area (Å²) in [6.07, 6.45) is 46.2. The minimum Gasteiger partial charge on any atom is -0.492 e. The minimum atomic E-state index is -4.27. The number of rotatable bonds is 37. The van der Waals surface area contributed by atoms with Gasteiger partial charge in [0.05, 0.1) is 19.5 Å². The third kappa shape index (κ3) is 37.3. The molecule has 0 rings (SSSR count). The van der Waals surface area contributed by atoms with Crippen LogP contribution in [0.2, 0.25) is 0 Å². The first kappa shape index (κ1) is 48.0. The molecule has 1 unspecified atom stereocenters. The molecular weight excluding hydrogens is 649 g/mol. The summed E-state index contributed by atoms with van der Waals surface area (Å²) < 4.78 is 33.1. The van der Waals surface area contributed by atoms with Gasteiger partial charge >= 0.3 is 13.8 Å². The largest absolute Gasteiger partial charge is 0.492 e. The number of ether oxygens (including phenoxy) is 2. The zero-order valence-corrected chi connectivity index (χ0v) is 32.8. The monoisotopic (exact) mass is 724 g/mol. The first-order valence-corrected chi connectivity index (χ1v) is 21.3. The fourth-order valence-electron chi connectivity index (χ4n) is 5.09. The lowest BCUT2D eigenvalue weighted by Crippen LogP contribution is -2.25. The van der Waals surface area contributed by atoms with Gasteiger partial charge in [-0.1, -0.05) is 146 Å². The minimum absolute atomic E-state index is 0.0789. The highest BCUT2D eigenvalue weighted by atomic mass is 31.2. The quantitative estimate of drug-likeness (QED) is 0.0214. The van der Waals surface area contributed by atoms with E-state index in [1.807, 2.05) is 6.08 Å². The van der Waals surface area contributed by atoms with Crippen molar-refractivity contribution in [3.8, 4) is 0 Å². The maximum Gasteiger partial charge on any atom is 0.472 e. The van der Waals surface area contributed by atoms with Gasteiger partial charge in [0, 0.05) is 13.0 Å². The summed E-state index contributed by atoms with van der Waals surface area (Å²) in [6, 6.07) is 0. The number of nitrogens with two attached hydrogens (primary N) is 1. The molecule has 0 aromatic rings. The predicted molar refractivity (Wildman–Crippen MR) is 210 cm³/mol. The maximum atomic E-state index is 12.4. The molecule has 0 radical (unpaired) electrons. The van der Waals surface area contributed by atoms with Crippen molar-refractivity contribution in [2.75, 3.05) is 26.4 Å². The van der Waals surface area contributed by atoms with Crippen molar-refractivity contribution < 1.29 is 32.8 Å². The fourth-order valence-corrected chi connectivity index (χ4v) is 5.85. The molecule has 8 nitrogen and oxygen atoms in total. The Bertz CT molecular complexity index is 947. The van der Waals surface area contributed by atoms with Crippen molar-refractivity contribution in [1.29, 1.82) is 0 Å².